The highest BCUT2D eigenvalue weighted by Gasteiger charge is 2.11. The number of nitrogens with one attached hydrogen (secondary N) is 2. The second-order valence-electron chi connectivity index (χ2n) is 5.05. The van der Waals surface area contributed by atoms with Crippen LogP contribution in [0.1, 0.15) is 16.1 Å². The Morgan fingerprint density at radius 2 is 1.88 bits per heavy atom. The van der Waals surface area contributed by atoms with E-state index in [1.54, 1.807) is 48.5 Å². The third-order valence-electron chi connectivity index (χ3n) is 3.29. The summed E-state index contributed by atoms with van der Waals surface area (Å²) >= 11 is 5.93. The first kappa shape index (κ1) is 16.4. The summed E-state index contributed by atoms with van der Waals surface area (Å²) in [6, 6.07) is 19.1. The quantitative estimate of drug-likeness (QED) is 0.743. The molecule has 3 rings (SSSR count). The number of nitriles is 1. The van der Waals surface area contributed by atoms with Crippen molar-refractivity contribution in [2.45, 2.75) is 0 Å². The van der Waals surface area contributed by atoms with Crippen molar-refractivity contribution in [3.63, 3.8) is 0 Å². The summed E-state index contributed by atoms with van der Waals surface area (Å²) in [5.41, 5.74) is 1.72. The molecule has 0 saturated heterocycles. The van der Waals surface area contributed by atoms with Crippen LogP contribution in [0, 0.1) is 11.3 Å². The number of carbonyl (C=O) groups is 1. The van der Waals surface area contributed by atoms with Crippen molar-refractivity contribution in [3.05, 3.63) is 76.9 Å². The molecule has 0 radical (unpaired) electrons. The van der Waals surface area contributed by atoms with Gasteiger partial charge in [0.15, 0.2) is 11.5 Å². The molecule has 0 saturated carbocycles. The highest BCUT2D eigenvalue weighted by Crippen LogP contribution is 2.19. The van der Waals surface area contributed by atoms with E-state index >= 15 is 0 Å². The predicted molar refractivity (Wildman–Crippen MR) is 95.9 cm³/mol. The third-order valence-corrected chi connectivity index (χ3v) is 3.53. The first-order valence-corrected chi connectivity index (χ1v) is 7.70. The summed E-state index contributed by atoms with van der Waals surface area (Å²) in [6.45, 7) is 0. The molecule has 2 N–H and O–H groups in total. The number of hydrogen-bond acceptors (Lipinski definition) is 5. The Labute approximate surface area is 149 Å². The first-order valence-electron chi connectivity index (χ1n) is 7.32. The van der Waals surface area contributed by atoms with Gasteiger partial charge >= 0.3 is 0 Å². The van der Waals surface area contributed by atoms with Gasteiger partial charge in [0.1, 0.15) is 6.07 Å². The molecule has 3 aromatic rings. The number of anilines is 3. The van der Waals surface area contributed by atoms with Crippen molar-refractivity contribution in [1.29, 1.82) is 5.26 Å². The normalized spacial score (nSPS) is 9.92. The van der Waals surface area contributed by atoms with Crippen LogP contribution in [0.3, 0.4) is 0 Å². The Morgan fingerprint density at radius 3 is 2.60 bits per heavy atom. The molecule has 122 valence electrons. The van der Waals surface area contributed by atoms with Crippen LogP contribution in [0.2, 0.25) is 5.02 Å². The van der Waals surface area contributed by atoms with E-state index in [9.17, 15) is 4.79 Å². The lowest BCUT2D eigenvalue weighted by Crippen LogP contribution is -2.15. The fraction of sp³-hybridized carbons (Fsp3) is 0. The Morgan fingerprint density at radius 1 is 1.04 bits per heavy atom. The molecule has 0 bridgehead atoms. The summed E-state index contributed by atoms with van der Waals surface area (Å²) in [7, 11) is 0. The van der Waals surface area contributed by atoms with Gasteiger partial charge in [-0.05, 0) is 42.5 Å². The standard InChI is InChI=1S/C18H12ClN5O/c19-13-5-3-6-14(10-13)21-17-9-8-16(23-24-17)18(25)22-15-7-2-1-4-12(15)11-20/h1-10H,(H,21,24)(H,22,25). The van der Waals surface area contributed by atoms with Crippen LogP contribution in [0.15, 0.2) is 60.7 Å². The Kier molecular flexibility index (Phi) is 4.88. The average molecular weight is 350 g/mol. The number of aromatic nitrogens is 2. The minimum absolute atomic E-state index is 0.143. The molecular weight excluding hydrogens is 338 g/mol. The zero-order valence-electron chi connectivity index (χ0n) is 12.9. The number of amides is 1. The van der Waals surface area contributed by atoms with Crippen LogP contribution in [0.4, 0.5) is 17.2 Å². The zero-order valence-corrected chi connectivity index (χ0v) is 13.7. The van der Waals surface area contributed by atoms with Crippen LogP contribution in [-0.2, 0) is 0 Å². The molecule has 0 unspecified atom stereocenters. The van der Waals surface area contributed by atoms with E-state index < -0.39 is 5.91 Å². The molecule has 7 heteroatoms. The smallest absolute Gasteiger partial charge is 0.276 e. The summed E-state index contributed by atoms with van der Waals surface area (Å²) in [4.78, 5) is 12.2. The molecule has 1 amide bonds. The van der Waals surface area contributed by atoms with Gasteiger partial charge in [-0.3, -0.25) is 4.79 Å². The van der Waals surface area contributed by atoms with Gasteiger partial charge in [0.2, 0.25) is 0 Å². The summed E-state index contributed by atoms with van der Waals surface area (Å²) in [5, 5.41) is 23.2. The highest BCUT2D eigenvalue weighted by atomic mass is 35.5. The van der Waals surface area contributed by atoms with Crippen LogP contribution >= 0.6 is 11.6 Å². The third kappa shape index (κ3) is 4.10. The molecule has 0 aliphatic carbocycles. The number of benzene rings is 2. The number of carbonyl (C=O) groups excluding carboxylic acids is 1. The molecule has 1 heterocycles. The maximum atomic E-state index is 12.2. The van der Waals surface area contributed by atoms with Crippen molar-refractivity contribution in [1.82, 2.24) is 10.2 Å². The fourth-order valence-electron chi connectivity index (χ4n) is 2.11. The number of hydrogen-bond donors (Lipinski definition) is 2. The van der Waals surface area contributed by atoms with Gasteiger partial charge in [0.25, 0.3) is 5.91 Å². The maximum absolute atomic E-state index is 12.2. The van der Waals surface area contributed by atoms with Gasteiger partial charge in [-0.1, -0.05) is 29.8 Å². The van der Waals surface area contributed by atoms with E-state index in [0.717, 1.165) is 5.69 Å². The van der Waals surface area contributed by atoms with E-state index in [1.807, 2.05) is 18.2 Å². The van der Waals surface area contributed by atoms with Gasteiger partial charge < -0.3 is 10.6 Å². The minimum atomic E-state index is -0.440. The monoisotopic (exact) mass is 349 g/mol. The van der Waals surface area contributed by atoms with Gasteiger partial charge in [-0.25, -0.2) is 0 Å². The van der Waals surface area contributed by atoms with Gasteiger partial charge in [0, 0.05) is 10.7 Å². The van der Waals surface area contributed by atoms with Crippen LogP contribution in [-0.4, -0.2) is 16.1 Å². The van der Waals surface area contributed by atoms with E-state index in [0.29, 0.717) is 22.1 Å². The Hall–Kier alpha value is -3.43. The van der Waals surface area contributed by atoms with Crippen molar-refractivity contribution in [2.24, 2.45) is 0 Å². The molecular formula is C18H12ClN5O. The number of halogens is 1. The molecule has 0 fully saturated rings. The summed E-state index contributed by atoms with van der Waals surface area (Å²) in [6.07, 6.45) is 0. The fourth-order valence-corrected chi connectivity index (χ4v) is 2.30. The van der Waals surface area contributed by atoms with Gasteiger partial charge in [0.05, 0.1) is 11.3 Å². The van der Waals surface area contributed by atoms with Crippen LogP contribution in [0.25, 0.3) is 0 Å². The van der Waals surface area contributed by atoms with Crippen molar-refractivity contribution < 1.29 is 4.79 Å². The van der Waals surface area contributed by atoms with Crippen molar-refractivity contribution in [3.8, 4) is 6.07 Å². The number of rotatable bonds is 4. The van der Waals surface area contributed by atoms with Crippen LogP contribution in [0.5, 0.6) is 0 Å². The second-order valence-corrected chi connectivity index (χ2v) is 5.49. The molecule has 0 aliphatic heterocycles. The SMILES string of the molecule is N#Cc1ccccc1NC(=O)c1ccc(Nc2cccc(Cl)c2)nn1. The van der Waals surface area contributed by atoms with Gasteiger partial charge in [-0.2, -0.15) is 5.26 Å². The van der Waals surface area contributed by atoms with E-state index in [1.165, 1.54) is 0 Å². The average Bonchev–Trinajstić information content (AvgIpc) is 2.63. The lowest BCUT2D eigenvalue weighted by molar-refractivity contribution is 0.102. The first-order chi connectivity index (χ1) is 12.2. The number of nitrogens with zero attached hydrogens (tertiary/aromatic N) is 3. The van der Waals surface area contributed by atoms with Crippen molar-refractivity contribution >= 4 is 34.7 Å². The molecule has 6 nitrogen and oxygen atoms in total. The van der Waals surface area contributed by atoms with E-state index in [2.05, 4.69) is 20.8 Å². The zero-order chi connectivity index (χ0) is 17.6. The minimum Gasteiger partial charge on any atom is -0.339 e. The highest BCUT2D eigenvalue weighted by molar-refractivity contribution is 6.30. The lowest BCUT2D eigenvalue weighted by atomic mass is 10.2. The molecule has 0 atom stereocenters. The van der Waals surface area contributed by atoms with Gasteiger partial charge in [-0.15, -0.1) is 10.2 Å². The van der Waals surface area contributed by atoms with Crippen LogP contribution < -0.4 is 10.6 Å². The molecule has 25 heavy (non-hydrogen) atoms. The molecule has 0 spiro atoms. The largest absolute Gasteiger partial charge is 0.339 e. The molecule has 1 aromatic heterocycles. The Bertz CT molecular complexity index is 950. The molecule has 2 aromatic carbocycles. The topological polar surface area (TPSA) is 90.7 Å². The Balaban J connectivity index is 1.71. The predicted octanol–water partition coefficient (Wildman–Crippen LogP) is 4.00. The van der Waals surface area contributed by atoms with Crippen molar-refractivity contribution in [2.75, 3.05) is 10.6 Å². The summed E-state index contributed by atoms with van der Waals surface area (Å²) < 4.78 is 0. The molecule has 0 aliphatic rings. The van der Waals surface area contributed by atoms with E-state index in [4.69, 9.17) is 16.9 Å². The summed E-state index contributed by atoms with van der Waals surface area (Å²) in [5.74, 6) is 0.0424. The second kappa shape index (κ2) is 7.43. The van der Waals surface area contributed by atoms with E-state index in [-0.39, 0.29) is 5.69 Å². The number of para-hydroxylation sites is 1. The lowest BCUT2D eigenvalue weighted by Gasteiger charge is -2.07. The maximum Gasteiger partial charge on any atom is 0.276 e.